The van der Waals surface area contributed by atoms with Crippen LogP contribution >= 0.6 is 0 Å². The molecule has 162 valence electrons. The molecule has 0 aliphatic carbocycles. The van der Waals surface area contributed by atoms with E-state index in [0.29, 0.717) is 22.7 Å². The van der Waals surface area contributed by atoms with Crippen molar-refractivity contribution in [3.05, 3.63) is 94.6 Å². The van der Waals surface area contributed by atoms with Gasteiger partial charge in [-0.05, 0) is 62.2 Å². The number of fused-ring (bicyclic) bond motifs is 1. The summed E-state index contributed by atoms with van der Waals surface area (Å²) < 4.78 is 14.8. The molecule has 2 heterocycles. The van der Waals surface area contributed by atoms with Crippen molar-refractivity contribution in [2.75, 3.05) is 5.32 Å². The molecule has 0 aliphatic heterocycles. The smallest absolute Gasteiger partial charge is 0.256 e. The van der Waals surface area contributed by atoms with E-state index >= 15 is 0 Å². The van der Waals surface area contributed by atoms with Crippen molar-refractivity contribution in [1.82, 2.24) is 14.6 Å². The van der Waals surface area contributed by atoms with Gasteiger partial charge in [-0.3, -0.25) is 4.79 Å². The lowest BCUT2D eigenvalue weighted by Gasteiger charge is -2.17. The molecule has 0 saturated heterocycles. The molecule has 0 spiro atoms. The Morgan fingerprint density at radius 2 is 1.75 bits per heavy atom. The van der Waals surface area contributed by atoms with Crippen LogP contribution in [0, 0.1) is 12.7 Å². The predicted octanol–water partition coefficient (Wildman–Crippen LogP) is 4.83. The van der Waals surface area contributed by atoms with Crippen LogP contribution in [0.4, 0.5) is 10.2 Å². The molecule has 0 fully saturated rings. The number of nitrogens with one attached hydrogen (secondary N) is 1. The molecule has 1 amide bonds. The van der Waals surface area contributed by atoms with E-state index in [1.54, 1.807) is 60.8 Å². The second-order valence-corrected chi connectivity index (χ2v) is 8.10. The van der Waals surface area contributed by atoms with Gasteiger partial charge in [-0.1, -0.05) is 30.3 Å². The standard InChI is InChI=1S/C25H23FN4O2/c1-16-14-23-27-22(28-24(31)18-7-9-19(10-8-18)25(2,3)32)15-21(30(23)29-16)13-6-17-4-11-20(26)12-5-17/h4-15,32H,1-3H3,(H,27,28,31). The molecular weight excluding hydrogens is 407 g/mol. The number of aryl methyl sites for hydroxylation is 1. The van der Waals surface area contributed by atoms with Crippen LogP contribution in [0.1, 0.15) is 46.7 Å². The van der Waals surface area contributed by atoms with E-state index in [4.69, 9.17) is 0 Å². The molecule has 0 saturated carbocycles. The van der Waals surface area contributed by atoms with E-state index in [1.165, 1.54) is 12.1 Å². The van der Waals surface area contributed by atoms with Gasteiger partial charge in [0.2, 0.25) is 0 Å². The Bertz CT molecular complexity index is 1300. The van der Waals surface area contributed by atoms with Gasteiger partial charge < -0.3 is 10.4 Å². The average molecular weight is 430 g/mol. The Hall–Kier alpha value is -3.84. The molecular formula is C25H23FN4O2. The average Bonchev–Trinajstić information content (AvgIpc) is 3.13. The van der Waals surface area contributed by atoms with Crippen molar-refractivity contribution < 1.29 is 14.3 Å². The maximum Gasteiger partial charge on any atom is 0.256 e. The van der Waals surface area contributed by atoms with Crippen molar-refractivity contribution in [1.29, 1.82) is 0 Å². The van der Waals surface area contributed by atoms with Crippen LogP contribution < -0.4 is 5.32 Å². The molecule has 2 N–H and O–H groups in total. The van der Waals surface area contributed by atoms with Crippen LogP contribution in [-0.2, 0) is 5.60 Å². The number of aliphatic hydroxyl groups is 1. The second kappa shape index (κ2) is 8.36. The molecule has 7 heteroatoms. The fourth-order valence-electron chi connectivity index (χ4n) is 3.27. The molecule has 0 aliphatic rings. The predicted molar refractivity (Wildman–Crippen MR) is 123 cm³/mol. The van der Waals surface area contributed by atoms with Crippen molar-refractivity contribution in [3.63, 3.8) is 0 Å². The summed E-state index contributed by atoms with van der Waals surface area (Å²) in [6.07, 6.45) is 3.67. The first kappa shape index (κ1) is 21.4. The quantitative estimate of drug-likeness (QED) is 0.475. The lowest BCUT2D eigenvalue weighted by Crippen LogP contribution is -2.17. The molecule has 0 radical (unpaired) electrons. The minimum atomic E-state index is -0.979. The number of hydrogen-bond donors (Lipinski definition) is 2. The van der Waals surface area contributed by atoms with Crippen LogP contribution in [0.15, 0.2) is 60.7 Å². The van der Waals surface area contributed by atoms with Crippen molar-refractivity contribution >= 4 is 29.5 Å². The topological polar surface area (TPSA) is 79.5 Å². The maximum atomic E-state index is 13.2. The number of carbonyl (C=O) groups is 1. The molecule has 0 atom stereocenters. The van der Waals surface area contributed by atoms with Gasteiger partial charge in [0.1, 0.15) is 11.6 Å². The molecule has 4 rings (SSSR count). The van der Waals surface area contributed by atoms with Crippen LogP contribution in [-0.4, -0.2) is 25.6 Å². The van der Waals surface area contributed by atoms with Crippen LogP contribution in [0.5, 0.6) is 0 Å². The van der Waals surface area contributed by atoms with Crippen molar-refractivity contribution in [2.45, 2.75) is 26.4 Å². The van der Waals surface area contributed by atoms with Gasteiger partial charge in [-0.25, -0.2) is 13.9 Å². The van der Waals surface area contributed by atoms with E-state index in [-0.39, 0.29) is 11.7 Å². The molecule has 32 heavy (non-hydrogen) atoms. The van der Waals surface area contributed by atoms with E-state index < -0.39 is 5.60 Å². The highest BCUT2D eigenvalue weighted by Gasteiger charge is 2.17. The number of anilines is 1. The summed E-state index contributed by atoms with van der Waals surface area (Å²) >= 11 is 0. The van der Waals surface area contributed by atoms with Gasteiger partial charge in [0.05, 0.1) is 17.0 Å². The Morgan fingerprint density at radius 1 is 1.06 bits per heavy atom. The highest BCUT2D eigenvalue weighted by molar-refractivity contribution is 6.04. The summed E-state index contributed by atoms with van der Waals surface area (Å²) in [7, 11) is 0. The van der Waals surface area contributed by atoms with Crippen LogP contribution in [0.3, 0.4) is 0 Å². The largest absolute Gasteiger partial charge is 0.386 e. The summed E-state index contributed by atoms with van der Waals surface area (Å²) in [5.41, 5.74) is 3.12. The fourth-order valence-corrected chi connectivity index (χ4v) is 3.27. The van der Waals surface area contributed by atoms with Crippen molar-refractivity contribution in [3.8, 4) is 0 Å². The molecule has 4 aromatic rings. The molecule has 2 aromatic heterocycles. The van der Waals surface area contributed by atoms with Gasteiger partial charge in [-0.2, -0.15) is 5.10 Å². The van der Waals surface area contributed by atoms with E-state index in [9.17, 15) is 14.3 Å². The zero-order valence-corrected chi connectivity index (χ0v) is 18.0. The SMILES string of the molecule is Cc1cc2nc(NC(=O)c3ccc(C(C)(C)O)cc3)cc(C=Cc3ccc(F)cc3)n2n1. The third-order valence-corrected chi connectivity index (χ3v) is 4.99. The van der Waals surface area contributed by atoms with Gasteiger partial charge in [-0.15, -0.1) is 0 Å². The number of benzene rings is 2. The minimum absolute atomic E-state index is 0.295. The Kier molecular flexibility index (Phi) is 5.59. The number of carbonyl (C=O) groups excluding carboxylic acids is 1. The van der Waals surface area contributed by atoms with Crippen LogP contribution in [0.2, 0.25) is 0 Å². The lowest BCUT2D eigenvalue weighted by molar-refractivity contribution is 0.0785. The van der Waals surface area contributed by atoms with E-state index in [2.05, 4.69) is 15.4 Å². The normalized spacial score (nSPS) is 11.9. The van der Waals surface area contributed by atoms with E-state index in [0.717, 1.165) is 16.8 Å². The maximum absolute atomic E-state index is 13.2. The second-order valence-electron chi connectivity index (χ2n) is 8.10. The highest BCUT2D eigenvalue weighted by Crippen LogP contribution is 2.21. The third-order valence-electron chi connectivity index (χ3n) is 4.99. The number of aromatic nitrogens is 3. The van der Waals surface area contributed by atoms with Gasteiger partial charge in [0.15, 0.2) is 5.65 Å². The van der Waals surface area contributed by atoms with Gasteiger partial charge >= 0.3 is 0 Å². The minimum Gasteiger partial charge on any atom is -0.386 e. The zero-order chi connectivity index (χ0) is 22.9. The molecule has 0 bridgehead atoms. The first-order chi connectivity index (χ1) is 15.2. The summed E-state index contributed by atoms with van der Waals surface area (Å²) in [5.74, 6) is -0.224. The van der Waals surface area contributed by atoms with Crippen molar-refractivity contribution in [2.24, 2.45) is 0 Å². The van der Waals surface area contributed by atoms with E-state index in [1.807, 2.05) is 25.1 Å². The number of halogens is 1. The third kappa shape index (κ3) is 4.73. The first-order valence-corrected chi connectivity index (χ1v) is 10.1. The molecule has 0 unspecified atom stereocenters. The van der Waals surface area contributed by atoms with Crippen LogP contribution in [0.25, 0.3) is 17.8 Å². The lowest BCUT2D eigenvalue weighted by atomic mass is 9.97. The number of rotatable bonds is 5. The van der Waals surface area contributed by atoms with Gasteiger partial charge in [0, 0.05) is 17.7 Å². The molecule has 2 aromatic carbocycles. The summed E-state index contributed by atoms with van der Waals surface area (Å²) in [4.78, 5) is 17.2. The fraction of sp³-hybridized carbons (Fsp3) is 0.160. The Labute approximate surface area is 185 Å². The summed E-state index contributed by atoms with van der Waals surface area (Å²) in [6, 6.07) is 16.5. The number of nitrogens with zero attached hydrogens (tertiary/aromatic N) is 3. The Morgan fingerprint density at radius 3 is 2.41 bits per heavy atom. The summed E-state index contributed by atoms with van der Waals surface area (Å²) in [5, 5.41) is 17.4. The zero-order valence-electron chi connectivity index (χ0n) is 18.0. The van der Waals surface area contributed by atoms with Gasteiger partial charge in [0.25, 0.3) is 5.91 Å². The number of hydrogen-bond acceptors (Lipinski definition) is 4. The Balaban J connectivity index is 1.63. The highest BCUT2D eigenvalue weighted by atomic mass is 19.1. The summed E-state index contributed by atoms with van der Waals surface area (Å²) in [6.45, 7) is 5.25. The monoisotopic (exact) mass is 430 g/mol. The number of amides is 1. The first-order valence-electron chi connectivity index (χ1n) is 10.1. The molecule has 6 nitrogen and oxygen atoms in total.